The molecule has 1 aliphatic rings. The first-order chi connectivity index (χ1) is 15.3. The van der Waals surface area contributed by atoms with Crippen molar-refractivity contribution < 1.29 is 9.53 Å². The maximum atomic E-state index is 12.8. The van der Waals surface area contributed by atoms with Gasteiger partial charge in [0.2, 0.25) is 0 Å². The summed E-state index contributed by atoms with van der Waals surface area (Å²) in [5.74, 6) is 0.476. The normalized spacial score (nSPS) is 17.2. The van der Waals surface area contributed by atoms with Gasteiger partial charge in [-0.2, -0.15) is 0 Å². The zero-order valence-corrected chi connectivity index (χ0v) is 18.3. The minimum absolute atomic E-state index is 0.206. The number of carbonyl (C=O) groups is 1. The van der Waals surface area contributed by atoms with E-state index in [1.54, 1.807) is 21.9 Å². The highest BCUT2D eigenvalue weighted by atomic mass is 16.6. The largest absolute Gasteiger partial charge is 0.444 e. The summed E-state index contributed by atoms with van der Waals surface area (Å²) in [6.07, 6.45) is 6.41. The van der Waals surface area contributed by atoms with E-state index in [0.717, 1.165) is 24.2 Å². The highest BCUT2D eigenvalue weighted by molar-refractivity contribution is 5.73. The maximum Gasteiger partial charge on any atom is 0.410 e. The smallest absolute Gasteiger partial charge is 0.410 e. The monoisotopic (exact) mass is 435 g/mol. The van der Waals surface area contributed by atoms with Crippen LogP contribution < -0.4 is 5.69 Å². The number of ether oxygens (including phenoxy) is 1. The number of piperidine rings is 1. The first kappa shape index (κ1) is 20.2. The minimum Gasteiger partial charge on any atom is -0.444 e. The molecular formula is C22H25N7O3. The van der Waals surface area contributed by atoms with Crippen LogP contribution in [-0.2, 0) is 4.74 Å². The van der Waals surface area contributed by atoms with Gasteiger partial charge in [0.25, 0.3) is 0 Å². The molecule has 0 aromatic carbocycles. The predicted octanol–water partition coefficient (Wildman–Crippen LogP) is 3.01. The van der Waals surface area contributed by atoms with E-state index in [4.69, 9.17) is 9.72 Å². The number of pyridine rings is 1. The summed E-state index contributed by atoms with van der Waals surface area (Å²) in [5.41, 5.74) is 1.77. The average molecular weight is 435 g/mol. The Morgan fingerprint density at radius 1 is 1.22 bits per heavy atom. The van der Waals surface area contributed by atoms with Crippen LogP contribution in [-0.4, -0.2) is 58.6 Å². The number of rotatable bonds is 2. The number of aromatic nitrogens is 6. The summed E-state index contributed by atoms with van der Waals surface area (Å²) in [5, 5.41) is 0. The lowest BCUT2D eigenvalue weighted by molar-refractivity contribution is 0.0172. The molecule has 1 fully saturated rings. The number of hydrogen-bond acceptors (Lipinski definition) is 6. The van der Waals surface area contributed by atoms with E-state index in [-0.39, 0.29) is 17.8 Å². The second-order valence-electron chi connectivity index (χ2n) is 9.03. The zero-order valence-electron chi connectivity index (χ0n) is 18.3. The lowest BCUT2D eigenvalue weighted by Gasteiger charge is -2.34. The van der Waals surface area contributed by atoms with Crippen molar-refractivity contribution in [2.45, 2.75) is 45.3 Å². The Morgan fingerprint density at radius 2 is 2.06 bits per heavy atom. The Kier molecular flexibility index (Phi) is 4.72. The van der Waals surface area contributed by atoms with Crippen molar-refractivity contribution >= 4 is 22.9 Å². The average Bonchev–Trinajstić information content (AvgIpc) is 3.32. The molecule has 4 aromatic rings. The maximum absolute atomic E-state index is 12.8. The number of hydrogen-bond donors (Lipinski definition) is 1. The molecule has 0 saturated carbocycles. The van der Waals surface area contributed by atoms with Gasteiger partial charge in [-0.15, -0.1) is 0 Å². The summed E-state index contributed by atoms with van der Waals surface area (Å²) in [4.78, 5) is 43.5. The molecule has 10 nitrogen and oxygen atoms in total. The Labute approximate surface area is 183 Å². The number of likely N-dealkylation sites (tertiary alicyclic amines) is 1. The van der Waals surface area contributed by atoms with Crippen LogP contribution in [0.4, 0.5) is 4.79 Å². The molecule has 32 heavy (non-hydrogen) atoms. The summed E-state index contributed by atoms with van der Waals surface area (Å²) in [7, 11) is 0. The van der Waals surface area contributed by atoms with E-state index >= 15 is 0 Å². The molecule has 1 amide bonds. The number of amides is 1. The van der Waals surface area contributed by atoms with Crippen LogP contribution in [0.1, 0.15) is 39.7 Å². The first-order valence-corrected chi connectivity index (χ1v) is 10.7. The molecule has 1 aliphatic heterocycles. The van der Waals surface area contributed by atoms with Gasteiger partial charge in [0, 0.05) is 19.3 Å². The minimum atomic E-state index is -0.572. The van der Waals surface area contributed by atoms with Crippen molar-refractivity contribution in [3.63, 3.8) is 0 Å². The van der Waals surface area contributed by atoms with E-state index in [1.165, 1.54) is 0 Å². The fourth-order valence-corrected chi connectivity index (χ4v) is 4.13. The predicted molar refractivity (Wildman–Crippen MR) is 118 cm³/mol. The van der Waals surface area contributed by atoms with Gasteiger partial charge in [-0.3, -0.25) is 8.97 Å². The SMILES string of the molecule is CC(C)(C)OC(=O)N1CCC[C@H](n2c(=O)[nH]c3cnc(-c4cnc5ccccn45)nc32)C1. The van der Waals surface area contributed by atoms with Crippen molar-refractivity contribution in [2.75, 3.05) is 13.1 Å². The van der Waals surface area contributed by atoms with Gasteiger partial charge < -0.3 is 14.6 Å². The lowest BCUT2D eigenvalue weighted by atomic mass is 10.1. The van der Waals surface area contributed by atoms with Gasteiger partial charge in [-0.1, -0.05) is 6.07 Å². The Balaban J connectivity index is 1.51. The van der Waals surface area contributed by atoms with E-state index in [0.29, 0.717) is 30.1 Å². The Morgan fingerprint density at radius 3 is 2.88 bits per heavy atom. The van der Waals surface area contributed by atoms with Gasteiger partial charge in [-0.25, -0.2) is 24.5 Å². The second kappa shape index (κ2) is 7.47. The molecule has 0 bridgehead atoms. The number of aromatic amines is 1. The number of nitrogens with one attached hydrogen (secondary N) is 1. The molecule has 1 saturated heterocycles. The summed E-state index contributed by atoms with van der Waals surface area (Å²) in [6.45, 7) is 6.51. The fourth-order valence-electron chi connectivity index (χ4n) is 4.13. The van der Waals surface area contributed by atoms with Crippen LogP contribution in [0.3, 0.4) is 0 Å². The van der Waals surface area contributed by atoms with Crippen LogP contribution in [0.2, 0.25) is 0 Å². The summed E-state index contributed by atoms with van der Waals surface area (Å²) >= 11 is 0. The number of imidazole rings is 2. The van der Waals surface area contributed by atoms with Gasteiger partial charge in [-0.05, 0) is 45.7 Å². The van der Waals surface area contributed by atoms with E-state index in [1.807, 2.05) is 49.6 Å². The van der Waals surface area contributed by atoms with E-state index in [9.17, 15) is 9.59 Å². The topological polar surface area (TPSA) is 110 Å². The molecule has 0 radical (unpaired) electrons. The molecule has 166 valence electrons. The van der Waals surface area contributed by atoms with E-state index in [2.05, 4.69) is 15.0 Å². The first-order valence-electron chi connectivity index (χ1n) is 10.7. The van der Waals surface area contributed by atoms with Crippen LogP contribution in [0.5, 0.6) is 0 Å². The summed E-state index contributed by atoms with van der Waals surface area (Å²) < 4.78 is 9.07. The van der Waals surface area contributed by atoms with E-state index < -0.39 is 5.60 Å². The van der Waals surface area contributed by atoms with Crippen LogP contribution >= 0.6 is 0 Å². The third-order valence-electron chi connectivity index (χ3n) is 5.52. The van der Waals surface area contributed by atoms with Crippen LogP contribution in [0.25, 0.3) is 28.3 Å². The lowest BCUT2D eigenvalue weighted by Crippen LogP contribution is -2.44. The van der Waals surface area contributed by atoms with Crippen LogP contribution in [0.15, 0.2) is 41.6 Å². The van der Waals surface area contributed by atoms with Crippen LogP contribution in [0, 0.1) is 0 Å². The molecule has 0 spiro atoms. The molecule has 1 atom stereocenters. The molecule has 5 rings (SSSR count). The number of fused-ring (bicyclic) bond motifs is 2. The fraction of sp³-hybridized carbons (Fsp3) is 0.409. The Bertz CT molecular complexity index is 1360. The molecule has 0 aliphatic carbocycles. The highest BCUT2D eigenvalue weighted by Gasteiger charge is 2.30. The molecule has 0 unspecified atom stereocenters. The highest BCUT2D eigenvalue weighted by Crippen LogP contribution is 2.26. The van der Waals surface area contributed by atoms with Crippen molar-refractivity contribution in [1.29, 1.82) is 0 Å². The quantitative estimate of drug-likeness (QED) is 0.518. The summed E-state index contributed by atoms with van der Waals surface area (Å²) in [6, 6.07) is 5.53. The molecule has 10 heteroatoms. The van der Waals surface area contributed by atoms with Gasteiger partial charge in [0.1, 0.15) is 22.5 Å². The van der Waals surface area contributed by atoms with Gasteiger partial charge >= 0.3 is 11.8 Å². The zero-order chi connectivity index (χ0) is 22.5. The number of H-pyrrole nitrogens is 1. The Hall–Kier alpha value is -3.69. The van der Waals surface area contributed by atoms with Crippen molar-refractivity contribution in [3.05, 3.63) is 47.3 Å². The molecular weight excluding hydrogens is 410 g/mol. The van der Waals surface area contributed by atoms with Crippen molar-refractivity contribution in [1.82, 2.24) is 33.8 Å². The number of nitrogens with zero attached hydrogens (tertiary/aromatic N) is 6. The molecule has 4 aromatic heterocycles. The number of carbonyl (C=O) groups excluding carboxylic acids is 1. The van der Waals surface area contributed by atoms with Crippen molar-refractivity contribution in [3.8, 4) is 11.5 Å². The van der Waals surface area contributed by atoms with Crippen molar-refractivity contribution in [2.24, 2.45) is 0 Å². The van der Waals surface area contributed by atoms with Gasteiger partial charge in [0.15, 0.2) is 11.5 Å². The van der Waals surface area contributed by atoms with Gasteiger partial charge in [0.05, 0.1) is 18.4 Å². The molecule has 1 N–H and O–H groups in total. The standard InChI is InChI=1S/C22H25N7O3/c1-22(2,3)32-21(31)27-9-6-7-14(13-27)29-19-15(25-20(29)30)11-24-18(26-19)16-12-23-17-8-4-5-10-28(16)17/h4-5,8,10-12,14H,6-7,9,13H2,1-3H3,(H,25,30)/t14-/m0/s1. The second-order valence-corrected chi connectivity index (χ2v) is 9.03. The molecule has 5 heterocycles. The third-order valence-corrected chi connectivity index (χ3v) is 5.52. The third kappa shape index (κ3) is 3.61.